The maximum Gasteiger partial charge on any atom is 0.573 e. The fourth-order valence-electron chi connectivity index (χ4n) is 2.08. The summed E-state index contributed by atoms with van der Waals surface area (Å²) in [4.78, 5) is 0. The molecule has 0 saturated carbocycles. The van der Waals surface area contributed by atoms with Gasteiger partial charge < -0.3 is 4.74 Å². The molecule has 96 valence electrons. The number of hydrogen-bond acceptors (Lipinski definition) is 1. The van der Waals surface area contributed by atoms with Crippen LogP contribution in [0.1, 0.15) is 25.3 Å². The molecule has 18 heavy (non-hydrogen) atoms. The van der Waals surface area contributed by atoms with E-state index in [9.17, 15) is 13.2 Å². The summed E-state index contributed by atoms with van der Waals surface area (Å²) in [7, 11) is 0. The first-order valence-electron chi connectivity index (χ1n) is 5.66. The lowest BCUT2D eigenvalue weighted by atomic mass is 9.95. The van der Waals surface area contributed by atoms with Gasteiger partial charge in [-0.25, -0.2) is 0 Å². The molecule has 0 radical (unpaired) electrons. The topological polar surface area (TPSA) is 9.23 Å². The molecule has 0 atom stereocenters. The second-order valence-electron chi connectivity index (χ2n) is 4.40. The molecule has 2 aromatic carbocycles. The van der Waals surface area contributed by atoms with Gasteiger partial charge in [0.2, 0.25) is 0 Å². The molecule has 2 rings (SSSR count). The Hall–Kier alpha value is -1.71. The second kappa shape index (κ2) is 4.52. The zero-order valence-corrected chi connectivity index (χ0v) is 10.1. The minimum atomic E-state index is -4.66. The van der Waals surface area contributed by atoms with E-state index in [1.807, 2.05) is 38.1 Å². The number of fused-ring (bicyclic) bond motifs is 1. The number of alkyl halides is 3. The Bertz CT molecular complexity index is 558. The predicted octanol–water partition coefficient (Wildman–Crippen LogP) is 4.86. The Kier molecular flexibility index (Phi) is 3.20. The lowest BCUT2D eigenvalue weighted by Gasteiger charge is -2.17. The lowest BCUT2D eigenvalue weighted by molar-refractivity contribution is -0.274. The van der Waals surface area contributed by atoms with Crippen LogP contribution in [-0.2, 0) is 0 Å². The summed E-state index contributed by atoms with van der Waals surface area (Å²) in [5, 5.41) is 1.71. The maximum atomic E-state index is 12.4. The van der Waals surface area contributed by atoms with E-state index in [0.717, 1.165) is 10.8 Å². The normalized spacial score (nSPS) is 12.1. The van der Waals surface area contributed by atoms with Gasteiger partial charge in [0.15, 0.2) is 0 Å². The molecule has 0 saturated heterocycles. The van der Waals surface area contributed by atoms with Gasteiger partial charge in [-0.2, -0.15) is 0 Å². The second-order valence-corrected chi connectivity index (χ2v) is 4.40. The van der Waals surface area contributed by atoms with E-state index < -0.39 is 6.36 Å². The molecule has 0 fully saturated rings. The van der Waals surface area contributed by atoms with Gasteiger partial charge in [0.1, 0.15) is 5.75 Å². The molecule has 2 aromatic rings. The van der Waals surface area contributed by atoms with Crippen molar-refractivity contribution in [3.63, 3.8) is 0 Å². The Morgan fingerprint density at radius 3 is 2.28 bits per heavy atom. The van der Waals surface area contributed by atoms with Crippen LogP contribution in [-0.4, -0.2) is 6.36 Å². The van der Waals surface area contributed by atoms with Crippen molar-refractivity contribution < 1.29 is 17.9 Å². The molecule has 0 aliphatic carbocycles. The number of rotatable bonds is 2. The summed E-state index contributed by atoms with van der Waals surface area (Å²) >= 11 is 0. The Morgan fingerprint density at radius 2 is 1.67 bits per heavy atom. The molecule has 1 nitrogen and oxygen atoms in total. The molecule has 0 bridgehead atoms. The van der Waals surface area contributed by atoms with Gasteiger partial charge in [-0.05, 0) is 22.8 Å². The molecule has 0 aromatic heterocycles. The Balaban J connectivity index is 2.63. The quantitative estimate of drug-likeness (QED) is 0.743. The Morgan fingerprint density at radius 1 is 1.00 bits per heavy atom. The van der Waals surface area contributed by atoms with Crippen LogP contribution in [0.25, 0.3) is 10.8 Å². The summed E-state index contributed by atoms with van der Waals surface area (Å²) in [5.41, 5.74) is 0.588. The van der Waals surface area contributed by atoms with Crippen LogP contribution in [0.5, 0.6) is 5.75 Å². The largest absolute Gasteiger partial charge is 0.573 e. The smallest absolute Gasteiger partial charge is 0.405 e. The number of hydrogen-bond donors (Lipinski definition) is 0. The SMILES string of the molecule is CC(C)c1c(OC(F)(F)F)ccc2ccccc12. The van der Waals surface area contributed by atoms with Crippen LogP contribution in [0, 0.1) is 0 Å². The van der Waals surface area contributed by atoms with Crippen LogP contribution in [0.4, 0.5) is 13.2 Å². The van der Waals surface area contributed by atoms with Gasteiger partial charge >= 0.3 is 6.36 Å². The van der Waals surface area contributed by atoms with Gasteiger partial charge in [-0.15, -0.1) is 13.2 Å². The van der Waals surface area contributed by atoms with Crippen LogP contribution >= 0.6 is 0 Å². The summed E-state index contributed by atoms with van der Waals surface area (Å²) < 4.78 is 41.2. The summed E-state index contributed by atoms with van der Waals surface area (Å²) in [5.74, 6) is -0.162. The number of halogens is 3. The van der Waals surface area contributed by atoms with Crippen molar-refractivity contribution in [3.8, 4) is 5.75 Å². The van der Waals surface area contributed by atoms with Crippen LogP contribution in [0.15, 0.2) is 36.4 Å². The van der Waals surface area contributed by atoms with Crippen LogP contribution in [0.2, 0.25) is 0 Å². The molecule has 0 aliphatic heterocycles. The standard InChI is InChI=1S/C14H13F3O/c1-9(2)13-11-6-4-3-5-10(11)7-8-12(13)18-14(15,16)17/h3-9H,1-2H3. The molecule has 0 spiro atoms. The van der Waals surface area contributed by atoms with Crippen molar-refractivity contribution in [2.45, 2.75) is 26.1 Å². The molecule has 4 heteroatoms. The highest BCUT2D eigenvalue weighted by molar-refractivity contribution is 5.88. The average Bonchev–Trinajstić information content (AvgIpc) is 2.26. The molecule has 0 N–H and O–H groups in total. The van der Waals surface area contributed by atoms with Crippen LogP contribution in [0.3, 0.4) is 0 Å². The monoisotopic (exact) mass is 254 g/mol. The van der Waals surface area contributed by atoms with E-state index in [0.29, 0.717) is 5.56 Å². The molecule has 0 heterocycles. The zero-order valence-electron chi connectivity index (χ0n) is 10.1. The van der Waals surface area contributed by atoms with E-state index in [4.69, 9.17) is 0 Å². The van der Waals surface area contributed by atoms with Gasteiger partial charge in [0, 0.05) is 5.56 Å². The average molecular weight is 254 g/mol. The summed E-state index contributed by atoms with van der Waals surface area (Å²) in [6.07, 6.45) is -4.66. The van der Waals surface area contributed by atoms with E-state index in [-0.39, 0.29) is 11.7 Å². The fourth-order valence-corrected chi connectivity index (χ4v) is 2.08. The van der Waals surface area contributed by atoms with E-state index in [1.165, 1.54) is 6.07 Å². The third-order valence-electron chi connectivity index (χ3n) is 2.73. The number of benzene rings is 2. The van der Waals surface area contributed by atoms with Crippen molar-refractivity contribution in [1.82, 2.24) is 0 Å². The minimum Gasteiger partial charge on any atom is -0.405 e. The van der Waals surface area contributed by atoms with E-state index in [2.05, 4.69) is 4.74 Å². The lowest BCUT2D eigenvalue weighted by Crippen LogP contribution is -2.18. The van der Waals surface area contributed by atoms with E-state index in [1.54, 1.807) is 6.07 Å². The fraction of sp³-hybridized carbons (Fsp3) is 0.286. The molecule has 0 unspecified atom stereocenters. The summed E-state index contributed by atoms with van der Waals surface area (Å²) in [6.45, 7) is 3.70. The van der Waals surface area contributed by atoms with Gasteiger partial charge in [-0.3, -0.25) is 0 Å². The summed E-state index contributed by atoms with van der Waals surface area (Å²) in [6, 6.07) is 10.4. The van der Waals surface area contributed by atoms with Crippen LogP contribution < -0.4 is 4.74 Å². The maximum absolute atomic E-state index is 12.4. The first-order valence-corrected chi connectivity index (χ1v) is 5.66. The molecular formula is C14H13F3O. The van der Waals surface area contributed by atoms with Crippen molar-refractivity contribution in [1.29, 1.82) is 0 Å². The highest BCUT2D eigenvalue weighted by Crippen LogP contribution is 2.36. The highest BCUT2D eigenvalue weighted by Gasteiger charge is 2.32. The third-order valence-corrected chi connectivity index (χ3v) is 2.73. The van der Waals surface area contributed by atoms with Crippen molar-refractivity contribution >= 4 is 10.8 Å². The molecule has 0 aliphatic rings. The predicted molar refractivity (Wildman–Crippen MR) is 64.7 cm³/mol. The van der Waals surface area contributed by atoms with Gasteiger partial charge in [0.05, 0.1) is 0 Å². The Labute approximate surface area is 103 Å². The van der Waals surface area contributed by atoms with Crippen molar-refractivity contribution in [2.24, 2.45) is 0 Å². The van der Waals surface area contributed by atoms with Crippen molar-refractivity contribution in [3.05, 3.63) is 42.0 Å². The first-order chi connectivity index (χ1) is 8.38. The third kappa shape index (κ3) is 2.58. The zero-order chi connectivity index (χ0) is 13.3. The highest BCUT2D eigenvalue weighted by atomic mass is 19.4. The minimum absolute atomic E-state index is 0.0477. The van der Waals surface area contributed by atoms with Crippen molar-refractivity contribution in [2.75, 3.05) is 0 Å². The first kappa shape index (κ1) is 12.7. The number of ether oxygens (including phenoxy) is 1. The van der Waals surface area contributed by atoms with Gasteiger partial charge in [-0.1, -0.05) is 44.2 Å². The van der Waals surface area contributed by atoms with Gasteiger partial charge in [0.25, 0.3) is 0 Å². The molecular weight excluding hydrogens is 241 g/mol. The van der Waals surface area contributed by atoms with E-state index >= 15 is 0 Å². The molecule has 0 amide bonds.